The minimum Gasteiger partial charge on any atom is -0.396 e. The van der Waals surface area contributed by atoms with Gasteiger partial charge in [-0.2, -0.15) is 0 Å². The number of amides is 1. The molecule has 1 atom stereocenters. The fourth-order valence-corrected chi connectivity index (χ4v) is 2.15. The highest BCUT2D eigenvalue weighted by molar-refractivity contribution is 5.76. The van der Waals surface area contributed by atoms with Crippen LogP contribution in [0.15, 0.2) is 24.3 Å². The summed E-state index contributed by atoms with van der Waals surface area (Å²) in [7, 11) is 0. The van der Waals surface area contributed by atoms with Crippen LogP contribution in [0.1, 0.15) is 44.8 Å². The number of nitrogens with one attached hydrogen (secondary N) is 1. The van der Waals surface area contributed by atoms with E-state index in [0.717, 1.165) is 12.8 Å². The molecule has 0 aliphatic rings. The van der Waals surface area contributed by atoms with Crippen molar-refractivity contribution in [3.63, 3.8) is 0 Å². The predicted molar refractivity (Wildman–Crippen MR) is 79.1 cm³/mol. The summed E-state index contributed by atoms with van der Waals surface area (Å²) in [6.45, 7) is 4.30. The van der Waals surface area contributed by atoms with Gasteiger partial charge < -0.3 is 15.5 Å². The van der Waals surface area contributed by atoms with Crippen molar-refractivity contribution < 1.29 is 19.4 Å². The second-order valence-corrected chi connectivity index (χ2v) is 5.42. The Morgan fingerprint density at radius 1 is 1.38 bits per heavy atom. The van der Waals surface area contributed by atoms with E-state index in [1.165, 1.54) is 18.2 Å². The number of halogens is 1. The van der Waals surface area contributed by atoms with Crippen molar-refractivity contribution >= 4 is 5.91 Å². The van der Waals surface area contributed by atoms with E-state index in [2.05, 4.69) is 5.32 Å². The number of aliphatic hydroxyl groups excluding tert-OH is 2. The molecule has 0 aliphatic heterocycles. The van der Waals surface area contributed by atoms with Gasteiger partial charge in [0.2, 0.25) is 5.91 Å². The molecule has 0 saturated carbocycles. The molecule has 1 unspecified atom stereocenters. The van der Waals surface area contributed by atoms with Crippen molar-refractivity contribution in [1.82, 2.24) is 5.32 Å². The molecule has 0 heterocycles. The van der Waals surface area contributed by atoms with Crippen LogP contribution in [0.5, 0.6) is 0 Å². The fourth-order valence-electron chi connectivity index (χ4n) is 2.15. The highest BCUT2D eigenvalue weighted by Gasteiger charge is 2.26. The zero-order valence-corrected chi connectivity index (χ0v) is 12.6. The fraction of sp³-hybridized carbons (Fsp3) is 0.562. The highest BCUT2D eigenvalue weighted by atomic mass is 19.1. The number of benzene rings is 1. The van der Waals surface area contributed by atoms with Gasteiger partial charge in [0.15, 0.2) is 0 Å². The second kappa shape index (κ2) is 8.10. The molecule has 0 aromatic heterocycles. The molecule has 0 fully saturated rings. The molecule has 0 aliphatic carbocycles. The van der Waals surface area contributed by atoms with Gasteiger partial charge in [0.05, 0.1) is 19.1 Å². The minimum atomic E-state index is -1.03. The monoisotopic (exact) mass is 297 g/mol. The molecule has 21 heavy (non-hydrogen) atoms. The van der Waals surface area contributed by atoms with E-state index < -0.39 is 11.9 Å². The lowest BCUT2D eigenvalue weighted by Gasteiger charge is -2.29. The summed E-state index contributed by atoms with van der Waals surface area (Å²) in [5.74, 6) is -0.755. The van der Waals surface area contributed by atoms with E-state index in [9.17, 15) is 19.4 Å². The van der Waals surface area contributed by atoms with Crippen LogP contribution >= 0.6 is 0 Å². The van der Waals surface area contributed by atoms with E-state index in [0.29, 0.717) is 12.1 Å². The number of hydrogen-bond acceptors (Lipinski definition) is 3. The Kier molecular flexibility index (Phi) is 6.78. The van der Waals surface area contributed by atoms with Gasteiger partial charge in [-0.1, -0.05) is 26.0 Å². The summed E-state index contributed by atoms with van der Waals surface area (Å²) in [4.78, 5) is 11.9. The highest BCUT2D eigenvalue weighted by Crippen LogP contribution is 2.24. The Balaban J connectivity index is 2.54. The predicted octanol–water partition coefficient (Wildman–Crippen LogP) is 2.16. The molecule has 1 rings (SSSR count). The molecule has 0 spiro atoms. The Labute approximate surface area is 125 Å². The van der Waals surface area contributed by atoms with E-state index in [1.807, 2.05) is 13.8 Å². The van der Waals surface area contributed by atoms with Crippen LogP contribution in [0.4, 0.5) is 4.39 Å². The third kappa shape index (κ3) is 5.10. The smallest absolute Gasteiger partial charge is 0.222 e. The number of aliphatic hydroxyl groups is 2. The van der Waals surface area contributed by atoms with Gasteiger partial charge in [-0.25, -0.2) is 4.39 Å². The van der Waals surface area contributed by atoms with Crippen molar-refractivity contribution in [2.45, 2.75) is 39.2 Å². The first-order chi connectivity index (χ1) is 9.96. The second-order valence-electron chi connectivity index (χ2n) is 5.42. The number of carbonyl (C=O) groups excluding carboxylic acids is 1. The number of carbonyl (C=O) groups is 1. The van der Waals surface area contributed by atoms with Crippen LogP contribution in [0, 0.1) is 11.2 Å². The van der Waals surface area contributed by atoms with Gasteiger partial charge in [-0.3, -0.25) is 4.79 Å². The first-order valence-corrected chi connectivity index (χ1v) is 7.27. The molecule has 1 aromatic carbocycles. The molecule has 4 nitrogen and oxygen atoms in total. The maximum Gasteiger partial charge on any atom is 0.222 e. The molecule has 0 radical (unpaired) electrons. The average molecular weight is 297 g/mol. The molecule has 1 amide bonds. The Bertz CT molecular complexity index is 452. The van der Waals surface area contributed by atoms with Crippen LogP contribution in [0.2, 0.25) is 0 Å². The lowest BCUT2D eigenvalue weighted by Crippen LogP contribution is -2.39. The van der Waals surface area contributed by atoms with Crippen LogP contribution < -0.4 is 5.32 Å². The van der Waals surface area contributed by atoms with Crippen molar-refractivity contribution in [2.24, 2.45) is 5.41 Å². The molecular formula is C16H24FNO3. The largest absolute Gasteiger partial charge is 0.396 e. The first-order valence-electron chi connectivity index (χ1n) is 7.27. The normalized spacial score (nSPS) is 13.0. The SMILES string of the molecule is CCC(CC)(CO)CNC(=O)CC(O)c1cccc(F)c1. The topological polar surface area (TPSA) is 69.6 Å². The summed E-state index contributed by atoms with van der Waals surface area (Å²) < 4.78 is 13.1. The number of hydrogen-bond donors (Lipinski definition) is 3. The summed E-state index contributed by atoms with van der Waals surface area (Å²) in [6, 6.07) is 5.58. The Morgan fingerprint density at radius 2 is 2.05 bits per heavy atom. The van der Waals surface area contributed by atoms with E-state index in [4.69, 9.17) is 0 Å². The maximum atomic E-state index is 13.1. The summed E-state index contributed by atoms with van der Waals surface area (Å²) in [6.07, 6.45) is 0.352. The maximum absolute atomic E-state index is 13.1. The molecule has 3 N–H and O–H groups in total. The van der Waals surface area contributed by atoms with Crippen LogP contribution in [-0.2, 0) is 4.79 Å². The van der Waals surface area contributed by atoms with E-state index >= 15 is 0 Å². The van der Waals surface area contributed by atoms with Crippen molar-refractivity contribution in [2.75, 3.05) is 13.2 Å². The Morgan fingerprint density at radius 3 is 2.57 bits per heavy atom. The Hall–Kier alpha value is -1.46. The zero-order valence-electron chi connectivity index (χ0n) is 12.6. The molecule has 1 aromatic rings. The molecule has 0 bridgehead atoms. The summed E-state index contributed by atoms with van der Waals surface area (Å²) in [5.41, 5.74) is 0.0592. The standard InChI is InChI=1S/C16H24FNO3/c1-3-16(4-2,11-19)10-18-15(21)9-14(20)12-6-5-7-13(17)8-12/h5-8,14,19-20H,3-4,9-11H2,1-2H3,(H,18,21). The summed E-state index contributed by atoms with van der Waals surface area (Å²) in [5, 5.41) is 22.1. The first kappa shape index (κ1) is 17.6. The van der Waals surface area contributed by atoms with Gasteiger partial charge in [-0.15, -0.1) is 0 Å². The lowest BCUT2D eigenvalue weighted by molar-refractivity contribution is -0.123. The molecule has 5 heteroatoms. The molecule has 0 saturated heterocycles. The molecular weight excluding hydrogens is 273 g/mol. The van der Waals surface area contributed by atoms with Gasteiger partial charge >= 0.3 is 0 Å². The van der Waals surface area contributed by atoms with Crippen molar-refractivity contribution in [1.29, 1.82) is 0 Å². The van der Waals surface area contributed by atoms with Gasteiger partial charge in [0, 0.05) is 12.0 Å². The lowest BCUT2D eigenvalue weighted by atomic mass is 9.83. The average Bonchev–Trinajstić information content (AvgIpc) is 2.49. The number of rotatable bonds is 8. The molecule has 118 valence electrons. The zero-order chi connectivity index (χ0) is 15.9. The van der Waals surface area contributed by atoms with Gasteiger partial charge in [-0.05, 0) is 30.5 Å². The van der Waals surface area contributed by atoms with Crippen molar-refractivity contribution in [3.8, 4) is 0 Å². The van der Waals surface area contributed by atoms with Gasteiger partial charge in [0.25, 0.3) is 0 Å². The van der Waals surface area contributed by atoms with E-state index in [1.54, 1.807) is 6.07 Å². The van der Waals surface area contributed by atoms with Crippen molar-refractivity contribution in [3.05, 3.63) is 35.6 Å². The summed E-state index contributed by atoms with van der Waals surface area (Å²) >= 11 is 0. The third-order valence-electron chi connectivity index (χ3n) is 4.11. The van der Waals surface area contributed by atoms with E-state index in [-0.39, 0.29) is 24.3 Å². The quantitative estimate of drug-likeness (QED) is 0.688. The van der Waals surface area contributed by atoms with Crippen LogP contribution in [0.3, 0.4) is 0 Å². The minimum absolute atomic E-state index is 0.00668. The van der Waals surface area contributed by atoms with Gasteiger partial charge in [0.1, 0.15) is 5.82 Å². The third-order valence-corrected chi connectivity index (χ3v) is 4.11. The van der Waals surface area contributed by atoms with Crippen LogP contribution in [-0.4, -0.2) is 29.3 Å². The van der Waals surface area contributed by atoms with Crippen LogP contribution in [0.25, 0.3) is 0 Å².